The number of aryl methyl sites for hydroxylation is 1. The van der Waals surface area contributed by atoms with Gasteiger partial charge in [-0.2, -0.15) is 4.98 Å². The summed E-state index contributed by atoms with van der Waals surface area (Å²) in [7, 11) is 0. The van der Waals surface area contributed by atoms with Crippen molar-refractivity contribution >= 4 is 40.3 Å². The smallest absolute Gasteiger partial charge is 0.260 e. The molecule has 3 aromatic heterocycles. The maximum absolute atomic E-state index is 14.4. The number of hydrogen-bond donors (Lipinski definition) is 2. The molecule has 2 saturated heterocycles. The minimum absolute atomic E-state index is 0.0870. The van der Waals surface area contributed by atoms with Crippen molar-refractivity contribution < 1.29 is 4.79 Å². The van der Waals surface area contributed by atoms with Crippen LogP contribution >= 0.6 is 11.6 Å². The average molecular weight is 601 g/mol. The van der Waals surface area contributed by atoms with E-state index in [0.717, 1.165) is 62.1 Å². The summed E-state index contributed by atoms with van der Waals surface area (Å²) in [6.07, 6.45) is 5.63. The molecule has 0 unspecified atom stereocenters. The molecule has 0 radical (unpaired) electrons. The molecule has 1 atom stereocenters. The van der Waals surface area contributed by atoms with E-state index in [1.807, 2.05) is 49.2 Å². The van der Waals surface area contributed by atoms with E-state index in [1.54, 1.807) is 16.8 Å². The number of anilines is 2. The first-order valence-corrected chi connectivity index (χ1v) is 15.4. The molecule has 0 aliphatic carbocycles. The predicted molar refractivity (Wildman–Crippen MR) is 170 cm³/mol. The summed E-state index contributed by atoms with van der Waals surface area (Å²) in [5.41, 5.74) is 3.47. The number of nitrogens with zero attached hydrogens (tertiary/aromatic N) is 6. The number of piperazine rings is 1. The van der Waals surface area contributed by atoms with Crippen LogP contribution in [0, 0.1) is 6.92 Å². The van der Waals surface area contributed by atoms with Crippen LogP contribution in [-0.4, -0.2) is 74.5 Å². The van der Waals surface area contributed by atoms with Crippen molar-refractivity contribution in [2.24, 2.45) is 0 Å². The van der Waals surface area contributed by atoms with Crippen LogP contribution in [0.2, 0.25) is 5.02 Å². The Kier molecular flexibility index (Phi) is 8.69. The topological polar surface area (TPSA) is 108 Å². The third-order valence-corrected chi connectivity index (χ3v) is 8.78. The fourth-order valence-electron chi connectivity index (χ4n) is 6.16. The van der Waals surface area contributed by atoms with Crippen molar-refractivity contribution in [3.63, 3.8) is 0 Å². The molecule has 1 amide bonds. The van der Waals surface area contributed by atoms with Gasteiger partial charge in [-0.3, -0.25) is 19.1 Å². The number of likely N-dealkylation sites (tertiary alicyclic amines) is 1. The summed E-state index contributed by atoms with van der Waals surface area (Å²) in [6, 6.07) is 11.1. The lowest BCUT2D eigenvalue weighted by Crippen LogP contribution is -2.43. The van der Waals surface area contributed by atoms with Gasteiger partial charge in [0, 0.05) is 80.6 Å². The lowest BCUT2D eigenvalue weighted by molar-refractivity contribution is -0.132. The van der Waals surface area contributed by atoms with E-state index in [-0.39, 0.29) is 17.5 Å². The fourth-order valence-corrected chi connectivity index (χ4v) is 6.39. The molecular formula is C32H37ClN8O2. The summed E-state index contributed by atoms with van der Waals surface area (Å²) in [6.45, 7) is 9.84. The number of halogens is 1. The van der Waals surface area contributed by atoms with Crippen LogP contribution in [0.3, 0.4) is 0 Å². The summed E-state index contributed by atoms with van der Waals surface area (Å²) < 4.78 is 1.76. The van der Waals surface area contributed by atoms with Crippen molar-refractivity contribution in [3.8, 4) is 11.1 Å². The van der Waals surface area contributed by atoms with Gasteiger partial charge < -0.3 is 15.5 Å². The Morgan fingerprint density at radius 3 is 2.65 bits per heavy atom. The number of rotatable bonds is 7. The van der Waals surface area contributed by atoms with Crippen molar-refractivity contribution in [1.82, 2.24) is 34.6 Å². The molecule has 0 spiro atoms. The highest BCUT2D eigenvalue weighted by atomic mass is 35.5. The van der Waals surface area contributed by atoms with Crippen molar-refractivity contribution in [3.05, 3.63) is 75.3 Å². The van der Waals surface area contributed by atoms with Gasteiger partial charge in [0.2, 0.25) is 11.9 Å². The second kappa shape index (κ2) is 12.8. The van der Waals surface area contributed by atoms with Crippen LogP contribution in [0.4, 0.5) is 11.8 Å². The molecule has 2 aliphatic heterocycles. The van der Waals surface area contributed by atoms with Gasteiger partial charge in [0.25, 0.3) is 5.56 Å². The average Bonchev–Trinajstić information content (AvgIpc) is 3.03. The van der Waals surface area contributed by atoms with E-state index in [0.29, 0.717) is 53.1 Å². The molecule has 6 rings (SSSR count). The number of amides is 1. The number of carbonyl (C=O) groups is 1. The van der Waals surface area contributed by atoms with Crippen molar-refractivity contribution in [1.29, 1.82) is 0 Å². The van der Waals surface area contributed by atoms with Crippen LogP contribution < -0.4 is 16.2 Å². The quantitative estimate of drug-likeness (QED) is 0.318. The highest BCUT2D eigenvalue weighted by molar-refractivity contribution is 6.33. The number of pyridine rings is 2. The normalized spacial score (nSPS) is 17.7. The molecule has 2 aliphatic rings. The van der Waals surface area contributed by atoms with E-state index in [2.05, 4.69) is 31.6 Å². The maximum Gasteiger partial charge on any atom is 0.260 e. The highest BCUT2D eigenvalue weighted by Crippen LogP contribution is 2.33. The van der Waals surface area contributed by atoms with Crippen molar-refractivity contribution in [2.45, 2.75) is 45.7 Å². The number of nitrogens with one attached hydrogen (secondary N) is 2. The van der Waals surface area contributed by atoms with Crippen LogP contribution in [-0.2, 0) is 11.3 Å². The second-order valence-electron chi connectivity index (χ2n) is 11.3. The first-order chi connectivity index (χ1) is 20.9. The number of fused-ring (bicyclic) bond motifs is 1. The zero-order valence-corrected chi connectivity index (χ0v) is 25.4. The van der Waals surface area contributed by atoms with Gasteiger partial charge in [0.15, 0.2) is 0 Å². The predicted octanol–water partition coefficient (Wildman–Crippen LogP) is 4.54. The molecule has 0 saturated carbocycles. The number of carbonyl (C=O) groups excluding carboxylic acids is 1. The number of hydrogen-bond acceptors (Lipinski definition) is 8. The molecule has 1 aromatic carbocycles. The van der Waals surface area contributed by atoms with Gasteiger partial charge in [-0.25, -0.2) is 9.97 Å². The summed E-state index contributed by atoms with van der Waals surface area (Å²) in [4.78, 5) is 45.4. The van der Waals surface area contributed by atoms with Crippen LogP contribution in [0.15, 0.2) is 53.6 Å². The number of benzene rings is 1. The molecular weight excluding hydrogens is 564 g/mol. The largest absolute Gasteiger partial charge is 0.341 e. The van der Waals surface area contributed by atoms with Gasteiger partial charge in [-0.1, -0.05) is 42.8 Å². The highest BCUT2D eigenvalue weighted by Gasteiger charge is 2.29. The van der Waals surface area contributed by atoms with Gasteiger partial charge >= 0.3 is 0 Å². The standard InChI is InChI=1S/C32H37ClN8O2/c1-3-28(42)40-14-6-7-23(20-40)41-30-25(21(2)29(31(41)43)24-8-4-5-9-26(24)33)18-36-32(38-30)37-27-11-10-22(17-35-27)19-39-15-12-34-13-16-39/h4-5,8-11,17-18,23,34H,3,6-7,12-16,19-20H2,1-2H3,(H,35,36,37,38)/t23-/m0/s1. The fraction of sp³-hybridized carbons (Fsp3) is 0.406. The third kappa shape index (κ3) is 6.13. The number of piperidine rings is 1. The summed E-state index contributed by atoms with van der Waals surface area (Å²) >= 11 is 6.60. The Balaban J connectivity index is 1.38. The number of aromatic nitrogens is 4. The lowest BCUT2D eigenvalue weighted by atomic mass is 9.98. The first kappa shape index (κ1) is 29.2. The lowest BCUT2D eigenvalue weighted by Gasteiger charge is -2.34. The molecule has 5 heterocycles. The Morgan fingerprint density at radius 1 is 1.09 bits per heavy atom. The minimum Gasteiger partial charge on any atom is -0.341 e. The zero-order chi connectivity index (χ0) is 29.9. The van der Waals surface area contributed by atoms with E-state index in [1.165, 1.54) is 0 Å². The van der Waals surface area contributed by atoms with E-state index in [4.69, 9.17) is 16.6 Å². The molecule has 10 nitrogen and oxygen atoms in total. The third-order valence-electron chi connectivity index (χ3n) is 8.45. The van der Waals surface area contributed by atoms with Gasteiger partial charge in [-0.15, -0.1) is 0 Å². The SMILES string of the molecule is CCC(=O)N1CCC[C@H](n2c(=O)c(-c3ccccc3Cl)c(C)c3cnc(Nc4ccc(CN5CCNCC5)cn4)nc32)C1. The monoisotopic (exact) mass is 600 g/mol. The Hall–Kier alpha value is -3.86. The molecule has 11 heteroatoms. The Morgan fingerprint density at radius 2 is 1.91 bits per heavy atom. The van der Waals surface area contributed by atoms with Crippen LogP contribution in [0.5, 0.6) is 0 Å². The molecule has 43 heavy (non-hydrogen) atoms. The zero-order valence-electron chi connectivity index (χ0n) is 24.6. The van der Waals surface area contributed by atoms with E-state index < -0.39 is 0 Å². The Bertz CT molecular complexity index is 1680. The van der Waals surface area contributed by atoms with Crippen molar-refractivity contribution in [2.75, 3.05) is 44.6 Å². The summed E-state index contributed by atoms with van der Waals surface area (Å²) in [5, 5.41) is 7.88. The molecule has 2 N–H and O–H groups in total. The molecule has 4 aromatic rings. The summed E-state index contributed by atoms with van der Waals surface area (Å²) in [5.74, 6) is 1.06. The minimum atomic E-state index is -0.230. The second-order valence-corrected chi connectivity index (χ2v) is 11.7. The molecule has 2 fully saturated rings. The first-order valence-electron chi connectivity index (χ1n) is 15.0. The van der Waals surface area contributed by atoms with Gasteiger partial charge in [0.05, 0.1) is 11.6 Å². The van der Waals surface area contributed by atoms with Crippen LogP contribution in [0.25, 0.3) is 22.2 Å². The van der Waals surface area contributed by atoms with Crippen LogP contribution in [0.1, 0.15) is 43.4 Å². The Labute approximate surface area is 256 Å². The van der Waals surface area contributed by atoms with Gasteiger partial charge in [-0.05, 0) is 43.0 Å². The van der Waals surface area contributed by atoms with E-state index in [9.17, 15) is 9.59 Å². The molecule has 224 valence electrons. The van der Waals surface area contributed by atoms with E-state index >= 15 is 0 Å². The van der Waals surface area contributed by atoms with Gasteiger partial charge in [0.1, 0.15) is 11.5 Å². The maximum atomic E-state index is 14.4. The molecule has 0 bridgehead atoms.